The minimum Gasteiger partial charge on any atom is -0.456 e. The lowest BCUT2D eigenvalue weighted by atomic mass is 9.80. The second kappa shape index (κ2) is 7.22. The molecule has 3 nitrogen and oxygen atoms in total. The fraction of sp³-hybridized carbons (Fsp3) is 0.0938. The maximum Gasteiger partial charge on any atom is 0.136 e. The zero-order valence-electron chi connectivity index (χ0n) is 19.3. The Morgan fingerprint density at radius 3 is 2.46 bits per heavy atom. The zero-order valence-corrected chi connectivity index (χ0v) is 19.3. The number of furan rings is 1. The third kappa shape index (κ3) is 2.71. The van der Waals surface area contributed by atoms with Crippen molar-refractivity contribution in [1.82, 2.24) is 0 Å². The van der Waals surface area contributed by atoms with E-state index >= 15 is 0 Å². The van der Waals surface area contributed by atoms with Crippen LogP contribution in [0.1, 0.15) is 24.0 Å². The highest BCUT2D eigenvalue weighted by Crippen LogP contribution is 2.55. The van der Waals surface area contributed by atoms with Gasteiger partial charge >= 0.3 is 0 Å². The minimum absolute atomic E-state index is 0.242. The number of benzene rings is 4. The summed E-state index contributed by atoms with van der Waals surface area (Å²) in [6.45, 7) is 2.30. The molecule has 4 aromatic carbocycles. The van der Waals surface area contributed by atoms with Gasteiger partial charge in [-0.05, 0) is 42.8 Å². The van der Waals surface area contributed by atoms with Crippen LogP contribution in [0, 0.1) is 11.3 Å². The molecule has 1 aliphatic carbocycles. The largest absolute Gasteiger partial charge is 0.456 e. The number of fused-ring (bicyclic) bond motifs is 6. The molecule has 0 saturated carbocycles. The first-order chi connectivity index (χ1) is 17.2. The second-order valence-corrected chi connectivity index (χ2v) is 9.46. The molecule has 1 aromatic heterocycles. The Morgan fingerprint density at radius 1 is 0.800 bits per heavy atom. The highest BCUT2D eigenvalue weighted by Gasteiger charge is 2.47. The van der Waals surface area contributed by atoms with Crippen molar-refractivity contribution >= 4 is 33.3 Å². The maximum atomic E-state index is 10.1. The molecule has 0 fully saturated rings. The Labute approximate surface area is 203 Å². The van der Waals surface area contributed by atoms with E-state index in [1.165, 1.54) is 11.3 Å². The molecule has 3 heteroatoms. The normalized spacial score (nSPS) is 20.2. The molecule has 7 rings (SSSR count). The van der Waals surface area contributed by atoms with Crippen molar-refractivity contribution in [3.63, 3.8) is 0 Å². The van der Waals surface area contributed by atoms with Crippen molar-refractivity contribution in [3.05, 3.63) is 120 Å². The summed E-state index contributed by atoms with van der Waals surface area (Å²) in [7, 11) is 0. The topological polar surface area (TPSA) is 40.2 Å². The Morgan fingerprint density at radius 2 is 1.57 bits per heavy atom. The summed E-state index contributed by atoms with van der Waals surface area (Å²) in [4.78, 5) is 2.45. The summed E-state index contributed by atoms with van der Waals surface area (Å²) in [6, 6.07) is 31.6. The minimum atomic E-state index is -0.242. The molecular formula is C32H22N2O. The molecule has 0 radical (unpaired) electrons. The number of anilines is 2. The van der Waals surface area contributed by atoms with E-state index in [0.29, 0.717) is 5.56 Å². The fourth-order valence-corrected chi connectivity index (χ4v) is 5.94. The molecule has 2 heterocycles. The van der Waals surface area contributed by atoms with Crippen LogP contribution in [-0.2, 0) is 0 Å². The summed E-state index contributed by atoms with van der Waals surface area (Å²) >= 11 is 0. The lowest BCUT2D eigenvalue weighted by Crippen LogP contribution is -2.42. The predicted octanol–water partition coefficient (Wildman–Crippen LogP) is 8.24. The van der Waals surface area contributed by atoms with E-state index in [1.54, 1.807) is 0 Å². The Kier molecular flexibility index (Phi) is 4.10. The van der Waals surface area contributed by atoms with Crippen LogP contribution in [-0.4, -0.2) is 5.54 Å². The average Bonchev–Trinajstić information content (AvgIpc) is 3.39. The molecule has 0 bridgehead atoms. The predicted molar refractivity (Wildman–Crippen MR) is 142 cm³/mol. The van der Waals surface area contributed by atoms with Crippen molar-refractivity contribution in [2.75, 3.05) is 4.90 Å². The van der Waals surface area contributed by atoms with Crippen molar-refractivity contribution in [2.45, 2.75) is 18.4 Å². The summed E-state index contributed by atoms with van der Waals surface area (Å²) in [6.07, 6.45) is 8.88. The van der Waals surface area contributed by atoms with Crippen LogP contribution in [0.15, 0.2) is 114 Å². The number of allylic oxidation sites excluding steroid dienone is 2. The number of para-hydroxylation sites is 3. The monoisotopic (exact) mass is 450 g/mol. The van der Waals surface area contributed by atoms with Crippen LogP contribution in [0.3, 0.4) is 0 Å². The second-order valence-electron chi connectivity index (χ2n) is 9.46. The van der Waals surface area contributed by atoms with E-state index < -0.39 is 0 Å². The van der Waals surface area contributed by atoms with Gasteiger partial charge in [-0.2, -0.15) is 5.26 Å². The molecule has 0 saturated heterocycles. The molecule has 0 spiro atoms. The molecule has 1 aliphatic heterocycles. The Bertz CT molecular complexity index is 1750. The number of hydrogen-bond donors (Lipinski definition) is 0. The van der Waals surface area contributed by atoms with Crippen LogP contribution in [0.2, 0.25) is 0 Å². The van der Waals surface area contributed by atoms with Crippen LogP contribution >= 0.6 is 0 Å². The molecule has 35 heavy (non-hydrogen) atoms. The van der Waals surface area contributed by atoms with E-state index in [9.17, 15) is 5.26 Å². The van der Waals surface area contributed by atoms with Gasteiger partial charge in [0, 0.05) is 39.2 Å². The lowest BCUT2D eigenvalue weighted by molar-refractivity contribution is 0.542. The molecule has 0 amide bonds. The van der Waals surface area contributed by atoms with E-state index in [2.05, 4.69) is 103 Å². The van der Waals surface area contributed by atoms with Gasteiger partial charge < -0.3 is 9.32 Å². The smallest absolute Gasteiger partial charge is 0.136 e. The maximum absolute atomic E-state index is 10.1. The van der Waals surface area contributed by atoms with Gasteiger partial charge in [0.1, 0.15) is 11.2 Å². The van der Waals surface area contributed by atoms with Gasteiger partial charge in [0.15, 0.2) is 0 Å². The third-order valence-corrected chi connectivity index (χ3v) is 7.54. The van der Waals surface area contributed by atoms with E-state index in [-0.39, 0.29) is 11.5 Å². The van der Waals surface area contributed by atoms with E-state index in [4.69, 9.17) is 4.42 Å². The summed E-state index contributed by atoms with van der Waals surface area (Å²) in [5, 5.41) is 12.2. The Balaban J connectivity index is 1.51. The van der Waals surface area contributed by atoms with Gasteiger partial charge in [0.05, 0.1) is 17.2 Å². The lowest BCUT2D eigenvalue weighted by Gasteiger charge is -2.40. The molecular weight excluding hydrogens is 428 g/mol. The van der Waals surface area contributed by atoms with Gasteiger partial charge in [0.2, 0.25) is 0 Å². The summed E-state index contributed by atoms with van der Waals surface area (Å²) < 4.78 is 6.07. The molecule has 0 N–H and O–H groups in total. The number of nitriles is 1. The average molecular weight is 451 g/mol. The number of hydrogen-bond acceptors (Lipinski definition) is 3. The van der Waals surface area contributed by atoms with Crippen LogP contribution < -0.4 is 4.90 Å². The molecule has 166 valence electrons. The highest BCUT2D eigenvalue weighted by molar-refractivity contribution is 6.07. The Hall–Kier alpha value is -4.55. The van der Waals surface area contributed by atoms with Crippen molar-refractivity contribution in [1.29, 1.82) is 5.26 Å². The van der Waals surface area contributed by atoms with Gasteiger partial charge in [-0.3, -0.25) is 0 Å². The molecule has 2 unspecified atom stereocenters. The van der Waals surface area contributed by atoms with Gasteiger partial charge in [-0.25, -0.2) is 0 Å². The molecule has 5 aromatic rings. The SMILES string of the molecule is CC12C=CC=CC1c1ccccc1N2c1ccccc1-c1cc2c(cc1C#N)oc1ccccc12. The van der Waals surface area contributed by atoms with Crippen LogP contribution in [0.25, 0.3) is 33.1 Å². The van der Waals surface area contributed by atoms with Crippen molar-refractivity contribution in [2.24, 2.45) is 0 Å². The van der Waals surface area contributed by atoms with Gasteiger partial charge in [-0.1, -0.05) is 78.9 Å². The van der Waals surface area contributed by atoms with Crippen LogP contribution in [0.4, 0.5) is 11.4 Å². The highest BCUT2D eigenvalue weighted by atomic mass is 16.3. The van der Waals surface area contributed by atoms with Crippen molar-refractivity contribution < 1.29 is 4.42 Å². The third-order valence-electron chi connectivity index (χ3n) is 7.54. The first kappa shape index (κ1) is 19.9. The molecule has 2 atom stereocenters. The fourth-order valence-electron chi connectivity index (χ4n) is 5.94. The standard InChI is InChI=1S/C32H22N2O/c1-32-17-9-8-13-27(32)24-12-3-6-15-29(24)34(32)28-14-5-2-10-22(28)25-19-26-23-11-4-7-16-30(23)35-31(26)18-21(25)20-33/h2-19,27H,1H3. The van der Waals surface area contributed by atoms with Crippen molar-refractivity contribution in [3.8, 4) is 17.2 Å². The quantitative estimate of drug-likeness (QED) is 0.272. The summed E-state index contributed by atoms with van der Waals surface area (Å²) in [5.41, 5.74) is 7.51. The zero-order chi connectivity index (χ0) is 23.6. The molecule has 2 aliphatic rings. The first-order valence-corrected chi connectivity index (χ1v) is 11.9. The summed E-state index contributed by atoms with van der Waals surface area (Å²) in [5.74, 6) is 0.257. The van der Waals surface area contributed by atoms with E-state index in [1.807, 2.05) is 24.3 Å². The number of nitrogens with zero attached hydrogens (tertiary/aromatic N) is 2. The number of rotatable bonds is 2. The van der Waals surface area contributed by atoms with Gasteiger partial charge in [-0.15, -0.1) is 0 Å². The first-order valence-electron chi connectivity index (χ1n) is 11.9. The van der Waals surface area contributed by atoms with Crippen LogP contribution in [0.5, 0.6) is 0 Å². The van der Waals surface area contributed by atoms with Gasteiger partial charge in [0.25, 0.3) is 0 Å². The van der Waals surface area contributed by atoms with E-state index in [0.717, 1.165) is 38.8 Å².